The molecular weight excluding hydrogens is 370 g/mol. The zero-order valence-electron chi connectivity index (χ0n) is 16.1. The highest BCUT2D eigenvalue weighted by Gasteiger charge is 2.22. The number of ether oxygens (including phenoxy) is 1. The highest BCUT2D eigenvalue weighted by atomic mass is 16.5. The quantitative estimate of drug-likeness (QED) is 0.706. The number of pyridine rings is 1. The van der Waals surface area contributed by atoms with E-state index in [1.807, 2.05) is 24.3 Å². The van der Waals surface area contributed by atoms with Gasteiger partial charge in [0.2, 0.25) is 0 Å². The van der Waals surface area contributed by atoms with Crippen LogP contribution in [0.15, 0.2) is 45.1 Å². The molecule has 29 heavy (non-hydrogen) atoms. The number of rotatable bonds is 4. The van der Waals surface area contributed by atoms with Crippen molar-refractivity contribution in [3.63, 3.8) is 0 Å². The van der Waals surface area contributed by atoms with Gasteiger partial charge in [-0.1, -0.05) is 0 Å². The van der Waals surface area contributed by atoms with Gasteiger partial charge in [0.05, 0.1) is 18.1 Å². The van der Waals surface area contributed by atoms with Crippen LogP contribution in [-0.4, -0.2) is 48.3 Å². The van der Waals surface area contributed by atoms with Gasteiger partial charge in [0.25, 0.3) is 0 Å². The van der Waals surface area contributed by atoms with Crippen LogP contribution >= 0.6 is 0 Å². The lowest BCUT2D eigenvalue weighted by Gasteiger charge is -2.27. The molecule has 0 radical (unpaired) electrons. The third-order valence-electron chi connectivity index (χ3n) is 5.31. The molecule has 0 saturated carbocycles. The van der Waals surface area contributed by atoms with Crippen LogP contribution in [0.4, 0.5) is 5.82 Å². The minimum Gasteiger partial charge on any atom is -0.504 e. The summed E-state index contributed by atoms with van der Waals surface area (Å²) >= 11 is 0. The van der Waals surface area contributed by atoms with Gasteiger partial charge in [-0.2, -0.15) is 0 Å². The third-order valence-corrected chi connectivity index (χ3v) is 5.31. The largest absolute Gasteiger partial charge is 0.504 e. The Morgan fingerprint density at radius 1 is 1.24 bits per heavy atom. The average molecular weight is 391 g/mol. The first-order chi connectivity index (χ1) is 14.2. The molecule has 5 rings (SSSR count). The maximum atomic E-state index is 10.8. The number of piperazine rings is 1. The highest BCUT2D eigenvalue weighted by molar-refractivity contribution is 5.94. The van der Waals surface area contributed by atoms with Crippen LogP contribution in [0.2, 0.25) is 0 Å². The third kappa shape index (κ3) is 3.16. The minimum atomic E-state index is 0.0873. The molecule has 2 aliphatic heterocycles. The summed E-state index contributed by atoms with van der Waals surface area (Å²) in [5.74, 6) is 1.75. The Morgan fingerprint density at radius 3 is 2.93 bits per heavy atom. The molecule has 0 unspecified atom stereocenters. The van der Waals surface area contributed by atoms with Crippen LogP contribution in [0.3, 0.4) is 0 Å². The number of aromatic hydroxyl groups is 1. The van der Waals surface area contributed by atoms with Crippen molar-refractivity contribution < 1.29 is 14.3 Å². The number of fused-ring (bicyclic) bond motifs is 2. The van der Waals surface area contributed by atoms with Crippen molar-refractivity contribution in [2.24, 2.45) is 10.2 Å². The summed E-state index contributed by atoms with van der Waals surface area (Å²) in [5, 5.41) is 23.1. The summed E-state index contributed by atoms with van der Waals surface area (Å²) in [6, 6.07) is 7.42. The van der Waals surface area contributed by atoms with E-state index in [1.54, 1.807) is 19.4 Å². The zero-order valence-corrected chi connectivity index (χ0v) is 16.1. The van der Waals surface area contributed by atoms with Crippen LogP contribution in [0.25, 0.3) is 22.7 Å². The lowest BCUT2D eigenvalue weighted by Crippen LogP contribution is -2.42. The molecule has 0 aliphatic carbocycles. The first-order valence-electron chi connectivity index (χ1n) is 9.58. The van der Waals surface area contributed by atoms with Crippen molar-refractivity contribution in [1.29, 1.82) is 0 Å². The molecule has 1 fully saturated rings. The Hall–Kier alpha value is -3.23. The van der Waals surface area contributed by atoms with E-state index in [-0.39, 0.29) is 5.75 Å². The molecule has 0 atom stereocenters. The molecular formula is C21H21N5O3. The fourth-order valence-corrected chi connectivity index (χ4v) is 3.80. The molecule has 2 N–H and O–H groups in total. The van der Waals surface area contributed by atoms with E-state index in [0.717, 1.165) is 43.1 Å². The van der Waals surface area contributed by atoms with E-state index in [4.69, 9.17) is 9.15 Å². The van der Waals surface area contributed by atoms with Gasteiger partial charge in [-0.05, 0) is 24.3 Å². The first-order valence-corrected chi connectivity index (χ1v) is 9.58. The van der Waals surface area contributed by atoms with Gasteiger partial charge in [-0.3, -0.25) is 4.90 Å². The van der Waals surface area contributed by atoms with Gasteiger partial charge in [0.15, 0.2) is 17.3 Å². The molecule has 0 amide bonds. The van der Waals surface area contributed by atoms with E-state index in [1.165, 1.54) is 0 Å². The van der Waals surface area contributed by atoms with Crippen molar-refractivity contribution in [2.45, 2.75) is 6.54 Å². The summed E-state index contributed by atoms with van der Waals surface area (Å²) in [4.78, 5) is 6.54. The Balaban J connectivity index is 1.58. The van der Waals surface area contributed by atoms with Crippen molar-refractivity contribution in [3.8, 4) is 11.5 Å². The second-order valence-electron chi connectivity index (χ2n) is 7.07. The Kier molecular flexibility index (Phi) is 4.49. The molecule has 2 aromatic heterocycles. The van der Waals surface area contributed by atoms with Crippen LogP contribution in [0, 0.1) is 0 Å². The number of nitrogens with one attached hydrogen (secondary N) is 1. The second kappa shape index (κ2) is 7.31. The summed E-state index contributed by atoms with van der Waals surface area (Å²) < 4.78 is 11.7. The minimum absolute atomic E-state index is 0.0873. The van der Waals surface area contributed by atoms with Crippen LogP contribution in [-0.2, 0) is 6.54 Å². The normalized spacial score (nSPS) is 17.9. The number of furan rings is 1. The smallest absolute Gasteiger partial charge is 0.183 e. The highest BCUT2D eigenvalue weighted by Crippen LogP contribution is 2.41. The summed E-state index contributed by atoms with van der Waals surface area (Å²) in [7, 11) is 1.65. The number of hydrogen-bond donors (Lipinski definition) is 2. The SMILES string of the molecule is COc1ccc2c(O)c(/C=C3\N=Nc4ncccc43)oc2c1CN1CCNCC1. The number of azo groups is 1. The molecule has 0 bridgehead atoms. The Morgan fingerprint density at radius 2 is 2.10 bits per heavy atom. The van der Waals surface area contributed by atoms with Crippen molar-refractivity contribution in [1.82, 2.24) is 15.2 Å². The topological polar surface area (TPSA) is 95.5 Å². The fourth-order valence-electron chi connectivity index (χ4n) is 3.80. The molecule has 8 nitrogen and oxygen atoms in total. The standard InChI is InChI=1S/C21H21N5O3/c1-28-17-5-4-14-19(27)18(11-16-13-3-2-6-23-21(13)25-24-16)29-20(14)15(17)12-26-9-7-22-8-10-26/h2-6,11,22,27H,7-10,12H2,1H3/b16-11-. The number of hydrogen-bond acceptors (Lipinski definition) is 8. The van der Waals surface area contributed by atoms with E-state index in [9.17, 15) is 5.11 Å². The lowest BCUT2D eigenvalue weighted by atomic mass is 10.1. The van der Waals surface area contributed by atoms with E-state index < -0.39 is 0 Å². The molecule has 8 heteroatoms. The number of benzene rings is 1. The van der Waals surface area contributed by atoms with E-state index in [2.05, 4.69) is 25.4 Å². The van der Waals surface area contributed by atoms with Crippen molar-refractivity contribution in [2.75, 3.05) is 33.3 Å². The van der Waals surface area contributed by atoms with Crippen LogP contribution in [0.1, 0.15) is 16.9 Å². The predicted octanol–water partition coefficient (Wildman–Crippen LogP) is 3.54. The van der Waals surface area contributed by atoms with Crippen molar-refractivity contribution in [3.05, 3.63) is 47.3 Å². The van der Waals surface area contributed by atoms with E-state index in [0.29, 0.717) is 34.8 Å². The zero-order chi connectivity index (χ0) is 19.8. The Bertz CT molecular complexity index is 1130. The molecule has 148 valence electrons. The van der Waals surface area contributed by atoms with Gasteiger partial charge in [-0.25, -0.2) is 4.98 Å². The second-order valence-corrected chi connectivity index (χ2v) is 7.07. The average Bonchev–Trinajstić information content (AvgIpc) is 3.31. The maximum Gasteiger partial charge on any atom is 0.183 e. The molecule has 1 saturated heterocycles. The summed E-state index contributed by atoms with van der Waals surface area (Å²) in [5.41, 5.74) is 2.99. The first kappa shape index (κ1) is 17.8. The number of aromatic nitrogens is 1. The lowest BCUT2D eigenvalue weighted by molar-refractivity contribution is 0.230. The Labute approximate surface area is 167 Å². The molecule has 0 spiro atoms. The van der Waals surface area contributed by atoms with Gasteiger partial charge in [-0.15, -0.1) is 10.2 Å². The number of nitrogens with zero attached hydrogens (tertiary/aromatic N) is 4. The maximum absolute atomic E-state index is 10.8. The van der Waals surface area contributed by atoms with Gasteiger partial charge in [0, 0.05) is 50.6 Å². The summed E-state index contributed by atoms with van der Waals surface area (Å²) in [6.45, 7) is 4.51. The molecule has 3 aromatic rings. The van der Waals surface area contributed by atoms with Gasteiger partial charge < -0.3 is 19.6 Å². The summed E-state index contributed by atoms with van der Waals surface area (Å²) in [6.07, 6.45) is 3.38. The predicted molar refractivity (Wildman–Crippen MR) is 109 cm³/mol. The molecule has 4 heterocycles. The van der Waals surface area contributed by atoms with Gasteiger partial charge >= 0.3 is 0 Å². The number of methoxy groups -OCH3 is 1. The van der Waals surface area contributed by atoms with Crippen LogP contribution in [0.5, 0.6) is 11.5 Å². The molecule has 1 aromatic carbocycles. The van der Waals surface area contributed by atoms with Gasteiger partial charge in [0.1, 0.15) is 17.0 Å². The van der Waals surface area contributed by atoms with Crippen molar-refractivity contribution >= 4 is 28.6 Å². The monoisotopic (exact) mass is 391 g/mol. The fraction of sp³-hybridized carbons (Fsp3) is 0.286. The van der Waals surface area contributed by atoms with Crippen LogP contribution < -0.4 is 10.1 Å². The van der Waals surface area contributed by atoms with E-state index >= 15 is 0 Å². The molecule has 2 aliphatic rings.